The Kier molecular flexibility index (Phi) is 4.57. The summed E-state index contributed by atoms with van der Waals surface area (Å²) in [6.45, 7) is 4.58. The molecule has 0 aliphatic rings. The average Bonchev–Trinajstić information content (AvgIpc) is 2.25. The van der Waals surface area contributed by atoms with Gasteiger partial charge in [-0.1, -0.05) is 20.8 Å². The number of hydrogen-bond acceptors (Lipinski definition) is 4. The summed E-state index contributed by atoms with van der Waals surface area (Å²) in [5, 5.41) is 0. The average molecular weight is 325 g/mol. The molecule has 0 saturated carbocycles. The summed E-state index contributed by atoms with van der Waals surface area (Å²) in [6.07, 6.45) is -4.86. The Morgan fingerprint density at radius 3 is 1.95 bits per heavy atom. The van der Waals surface area contributed by atoms with Gasteiger partial charge in [0.25, 0.3) is 10.0 Å². The zero-order chi connectivity index (χ0) is 16.5. The fourth-order valence-electron chi connectivity index (χ4n) is 1.15. The van der Waals surface area contributed by atoms with Crippen molar-refractivity contribution in [1.82, 2.24) is 4.72 Å². The van der Waals surface area contributed by atoms with Crippen LogP contribution in [0, 0.1) is 5.41 Å². The highest BCUT2D eigenvalue weighted by Gasteiger charge is 2.31. The van der Waals surface area contributed by atoms with Gasteiger partial charge in [-0.2, -0.15) is 0 Å². The first-order chi connectivity index (χ1) is 9.31. The van der Waals surface area contributed by atoms with Crippen LogP contribution >= 0.6 is 0 Å². The number of alkyl halides is 3. The Hall–Kier alpha value is -1.77. The molecule has 1 amide bonds. The number of rotatable bonds is 3. The number of benzene rings is 1. The minimum atomic E-state index is -4.86. The van der Waals surface area contributed by atoms with E-state index in [1.807, 2.05) is 4.72 Å². The Morgan fingerprint density at radius 2 is 1.57 bits per heavy atom. The molecule has 0 heterocycles. The van der Waals surface area contributed by atoms with Crippen LogP contribution in [0.2, 0.25) is 0 Å². The molecule has 0 fully saturated rings. The van der Waals surface area contributed by atoms with E-state index < -0.39 is 33.5 Å². The predicted molar refractivity (Wildman–Crippen MR) is 67.9 cm³/mol. The maximum absolute atomic E-state index is 12.0. The van der Waals surface area contributed by atoms with Gasteiger partial charge in [0.2, 0.25) is 5.91 Å². The first-order valence-corrected chi connectivity index (χ1v) is 7.23. The second kappa shape index (κ2) is 5.55. The van der Waals surface area contributed by atoms with Crippen LogP contribution in [-0.4, -0.2) is 20.7 Å². The normalized spacial score (nSPS) is 12.9. The molecule has 1 aromatic rings. The highest BCUT2D eigenvalue weighted by molar-refractivity contribution is 7.90. The van der Waals surface area contributed by atoms with Crippen LogP contribution in [0.5, 0.6) is 5.75 Å². The number of hydrogen-bond donors (Lipinski definition) is 1. The van der Waals surface area contributed by atoms with Gasteiger partial charge < -0.3 is 4.74 Å². The first kappa shape index (κ1) is 17.3. The molecule has 9 heteroatoms. The van der Waals surface area contributed by atoms with Crippen molar-refractivity contribution in [3.05, 3.63) is 24.3 Å². The minimum absolute atomic E-state index is 0.338. The highest BCUT2D eigenvalue weighted by Crippen LogP contribution is 2.24. The quantitative estimate of drug-likeness (QED) is 0.926. The monoisotopic (exact) mass is 325 g/mol. The van der Waals surface area contributed by atoms with E-state index in [0.717, 1.165) is 24.3 Å². The zero-order valence-corrected chi connectivity index (χ0v) is 12.3. The lowest BCUT2D eigenvalue weighted by atomic mass is 9.96. The van der Waals surface area contributed by atoms with E-state index in [2.05, 4.69) is 4.74 Å². The molecule has 5 nitrogen and oxygen atoms in total. The van der Waals surface area contributed by atoms with Crippen LogP contribution in [0.15, 0.2) is 29.2 Å². The summed E-state index contributed by atoms with van der Waals surface area (Å²) in [5.74, 6) is -1.28. The van der Waals surface area contributed by atoms with Gasteiger partial charge >= 0.3 is 6.36 Å². The maximum atomic E-state index is 12.0. The largest absolute Gasteiger partial charge is 0.573 e. The second-order valence-electron chi connectivity index (χ2n) is 5.20. The molecule has 0 bridgehead atoms. The van der Waals surface area contributed by atoms with Crippen molar-refractivity contribution in [2.75, 3.05) is 0 Å². The SMILES string of the molecule is CC(C)(C)C(=O)NS(=O)(=O)c1ccc(OC(F)(F)F)cc1. The Bertz CT molecular complexity index is 615. The van der Waals surface area contributed by atoms with Crippen LogP contribution in [0.1, 0.15) is 20.8 Å². The molecule has 118 valence electrons. The van der Waals surface area contributed by atoms with Crippen LogP contribution < -0.4 is 9.46 Å². The smallest absolute Gasteiger partial charge is 0.406 e. The number of halogens is 3. The Balaban J connectivity index is 2.93. The second-order valence-corrected chi connectivity index (χ2v) is 6.89. The van der Waals surface area contributed by atoms with E-state index in [0.29, 0.717) is 0 Å². The van der Waals surface area contributed by atoms with Gasteiger partial charge in [-0.25, -0.2) is 13.1 Å². The van der Waals surface area contributed by atoms with Crippen molar-refractivity contribution in [1.29, 1.82) is 0 Å². The van der Waals surface area contributed by atoms with Crippen LogP contribution in [-0.2, 0) is 14.8 Å². The van der Waals surface area contributed by atoms with Gasteiger partial charge in [-0.05, 0) is 24.3 Å². The fourth-order valence-corrected chi connectivity index (χ4v) is 2.32. The molecular weight excluding hydrogens is 311 g/mol. The molecular formula is C12H14F3NO4S. The third-order valence-corrected chi connectivity index (χ3v) is 3.62. The van der Waals surface area contributed by atoms with E-state index in [9.17, 15) is 26.4 Å². The topological polar surface area (TPSA) is 72.5 Å². The minimum Gasteiger partial charge on any atom is -0.406 e. The number of sulfonamides is 1. The summed E-state index contributed by atoms with van der Waals surface area (Å²) < 4.78 is 65.2. The third-order valence-electron chi connectivity index (χ3n) is 2.28. The van der Waals surface area contributed by atoms with Gasteiger partial charge in [0.15, 0.2) is 0 Å². The lowest BCUT2D eigenvalue weighted by Crippen LogP contribution is -2.38. The molecule has 1 N–H and O–H groups in total. The summed E-state index contributed by atoms with van der Waals surface area (Å²) in [4.78, 5) is 11.3. The molecule has 0 spiro atoms. The van der Waals surface area contributed by atoms with Crippen LogP contribution in [0.4, 0.5) is 13.2 Å². The van der Waals surface area contributed by atoms with Crippen molar-refractivity contribution in [2.45, 2.75) is 32.0 Å². The molecule has 0 radical (unpaired) electrons. The molecule has 0 aliphatic carbocycles. The van der Waals surface area contributed by atoms with Gasteiger partial charge in [-0.3, -0.25) is 4.79 Å². The van der Waals surface area contributed by atoms with Gasteiger partial charge in [0, 0.05) is 5.41 Å². The van der Waals surface area contributed by atoms with Crippen molar-refractivity contribution in [2.24, 2.45) is 5.41 Å². The fraction of sp³-hybridized carbons (Fsp3) is 0.417. The Morgan fingerprint density at radius 1 is 1.10 bits per heavy atom. The first-order valence-electron chi connectivity index (χ1n) is 5.74. The maximum Gasteiger partial charge on any atom is 0.573 e. The molecule has 1 aromatic carbocycles. The number of ether oxygens (including phenoxy) is 1. The molecule has 0 aromatic heterocycles. The van der Waals surface area contributed by atoms with E-state index in [1.165, 1.54) is 20.8 Å². The predicted octanol–water partition coefficient (Wildman–Crippen LogP) is 2.44. The molecule has 0 unspecified atom stereocenters. The van der Waals surface area contributed by atoms with Crippen LogP contribution in [0.25, 0.3) is 0 Å². The molecule has 0 aliphatic heterocycles. The Labute approximate surface area is 120 Å². The summed E-state index contributed by atoms with van der Waals surface area (Å²) in [7, 11) is -4.14. The van der Waals surface area contributed by atoms with Crippen molar-refractivity contribution >= 4 is 15.9 Å². The van der Waals surface area contributed by atoms with E-state index in [1.54, 1.807) is 0 Å². The molecule has 1 rings (SSSR count). The van der Waals surface area contributed by atoms with Gasteiger partial charge in [0.1, 0.15) is 5.75 Å². The molecule has 21 heavy (non-hydrogen) atoms. The van der Waals surface area contributed by atoms with Gasteiger partial charge in [0.05, 0.1) is 4.90 Å². The number of carbonyl (C=O) groups is 1. The highest BCUT2D eigenvalue weighted by atomic mass is 32.2. The molecule has 0 atom stereocenters. The summed E-state index contributed by atoms with van der Waals surface area (Å²) in [5.41, 5.74) is -0.924. The van der Waals surface area contributed by atoms with Crippen molar-refractivity contribution in [3.8, 4) is 5.75 Å². The lowest BCUT2D eigenvalue weighted by molar-refractivity contribution is -0.274. The number of carbonyl (C=O) groups excluding carboxylic acids is 1. The number of nitrogens with one attached hydrogen (secondary N) is 1. The van der Waals surface area contributed by atoms with E-state index in [-0.39, 0.29) is 4.90 Å². The summed E-state index contributed by atoms with van der Waals surface area (Å²) >= 11 is 0. The lowest BCUT2D eigenvalue weighted by Gasteiger charge is -2.17. The van der Waals surface area contributed by atoms with Crippen molar-refractivity contribution in [3.63, 3.8) is 0 Å². The zero-order valence-electron chi connectivity index (χ0n) is 11.5. The van der Waals surface area contributed by atoms with Crippen molar-refractivity contribution < 1.29 is 31.1 Å². The summed E-state index contributed by atoms with van der Waals surface area (Å²) in [6, 6.07) is 3.53. The van der Waals surface area contributed by atoms with Gasteiger partial charge in [-0.15, -0.1) is 13.2 Å². The molecule has 0 saturated heterocycles. The van der Waals surface area contributed by atoms with Crippen LogP contribution in [0.3, 0.4) is 0 Å². The third kappa shape index (κ3) is 5.25. The standard InChI is InChI=1S/C12H14F3NO4S/c1-11(2,3)10(17)16-21(18,19)9-6-4-8(5-7-9)20-12(13,14)15/h4-7H,1-3H3,(H,16,17). The van der Waals surface area contributed by atoms with E-state index in [4.69, 9.17) is 0 Å². The number of amides is 1. The van der Waals surface area contributed by atoms with E-state index >= 15 is 0 Å².